The number of hydrogen-bond acceptors (Lipinski definition) is 6. The van der Waals surface area contributed by atoms with E-state index in [-0.39, 0.29) is 12.0 Å². The lowest BCUT2D eigenvalue weighted by molar-refractivity contribution is -0.0304. The fourth-order valence-electron chi connectivity index (χ4n) is 3.49. The molecule has 4 rings (SSSR count). The lowest BCUT2D eigenvalue weighted by atomic mass is 9.83. The Bertz CT molecular complexity index is 886. The maximum Gasteiger partial charge on any atom is 0.214 e. The lowest BCUT2D eigenvalue weighted by Crippen LogP contribution is -2.65. The fraction of sp³-hybridized carbons (Fsp3) is 0.476. The second-order valence-electron chi connectivity index (χ2n) is 8.03. The van der Waals surface area contributed by atoms with Crippen LogP contribution in [0.5, 0.6) is 5.88 Å². The molecule has 6 heteroatoms. The van der Waals surface area contributed by atoms with Crippen LogP contribution in [0.15, 0.2) is 35.6 Å². The minimum atomic E-state index is -0.621. The highest BCUT2D eigenvalue weighted by Gasteiger charge is 2.44. The number of pyridine rings is 2. The van der Waals surface area contributed by atoms with Gasteiger partial charge in [-0.1, -0.05) is 13.8 Å². The van der Waals surface area contributed by atoms with Crippen LogP contribution in [0.4, 0.5) is 5.82 Å². The summed E-state index contributed by atoms with van der Waals surface area (Å²) in [6.45, 7) is 9.94. The molecule has 1 saturated heterocycles. The topological polar surface area (TPSA) is 70.8 Å². The highest BCUT2D eigenvalue weighted by molar-refractivity contribution is 6.15. The van der Waals surface area contributed by atoms with Gasteiger partial charge in [0.2, 0.25) is 5.88 Å². The van der Waals surface area contributed by atoms with E-state index < -0.39 is 5.60 Å². The Balaban J connectivity index is 1.58. The standard InChI is InChI=1S/C21H26N4O2/c1-13(2)21(26)11-25(12-21)18-7-15(5-6-22-18)20-17-8-19(27-14(3)4)23-9-16(17)10-24-20/h5-9,13-14,26H,10-12H2,1-4H3. The Morgan fingerprint density at radius 2 is 1.93 bits per heavy atom. The molecule has 0 aromatic carbocycles. The second kappa shape index (κ2) is 6.60. The first-order valence-electron chi connectivity index (χ1n) is 9.50. The van der Waals surface area contributed by atoms with Crippen molar-refractivity contribution in [2.45, 2.75) is 45.9 Å². The van der Waals surface area contributed by atoms with Crippen LogP contribution in [0.25, 0.3) is 0 Å². The molecule has 1 fully saturated rings. The number of aliphatic imine (C=N–C) groups is 1. The molecule has 4 heterocycles. The van der Waals surface area contributed by atoms with Crippen molar-refractivity contribution in [2.75, 3.05) is 18.0 Å². The van der Waals surface area contributed by atoms with Gasteiger partial charge in [0, 0.05) is 35.2 Å². The summed E-state index contributed by atoms with van der Waals surface area (Å²) in [4.78, 5) is 15.7. The van der Waals surface area contributed by atoms with E-state index in [0.717, 1.165) is 28.2 Å². The average Bonchev–Trinajstić information content (AvgIpc) is 3.01. The van der Waals surface area contributed by atoms with E-state index in [2.05, 4.69) is 34.8 Å². The summed E-state index contributed by atoms with van der Waals surface area (Å²) in [7, 11) is 0. The normalized spacial score (nSPS) is 17.7. The Morgan fingerprint density at radius 1 is 1.15 bits per heavy atom. The average molecular weight is 366 g/mol. The maximum atomic E-state index is 10.5. The van der Waals surface area contributed by atoms with Crippen LogP contribution in [-0.2, 0) is 6.54 Å². The number of hydrogen-bond donors (Lipinski definition) is 1. The molecule has 27 heavy (non-hydrogen) atoms. The van der Waals surface area contributed by atoms with Gasteiger partial charge < -0.3 is 14.7 Å². The predicted molar refractivity (Wildman–Crippen MR) is 106 cm³/mol. The Labute approximate surface area is 159 Å². The van der Waals surface area contributed by atoms with Gasteiger partial charge >= 0.3 is 0 Å². The molecule has 1 N–H and O–H groups in total. The molecule has 2 aromatic rings. The molecule has 0 saturated carbocycles. The van der Waals surface area contributed by atoms with Crippen LogP contribution >= 0.6 is 0 Å². The van der Waals surface area contributed by atoms with Crippen molar-refractivity contribution >= 4 is 11.5 Å². The first kappa shape index (κ1) is 17.9. The quantitative estimate of drug-likeness (QED) is 0.881. The zero-order valence-electron chi connectivity index (χ0n) is 16.3. The van der Waals surface area contributed by atoms with Crippen molar-refractivity contribution in [3.05, 3.63) is 47.3 Å². The van der Waals surface area contributed by atoms with Crippen molar-refractivity contribution in [3.8, 4) is 5.88 Å². The van der Waals surface area contributed by atoms with Crippen molar-refractivity contribution < 1.29 is 9.84 Å². The third-order valence-electron chi connectivity index (χ3n) is 5.33. The van der Waals surface area contributed by atoms with E-state index in [1.807, 2.05) is 38.4 Å². The maximum absolute atomic E-state index is 10.5. The molecular weight excluding hydrogens is 340 g/mol. The highest BCUT2D eigenvalue weighted by atomic mass is 16.5. The number of aliphatic hydroxyl groups is 1. The third kappa shape index (κ3) is 3.30. The van der Waals surface area contributed by atoms with Gasteiger partial charge in [-0.15, -0.1) is 0 Å². The summed E-state index contributed by atoms with van der Waals surface area (Å²) in [6, 6.07) is 6.01. The van der Waals surface area contributed by atoms with E-state index >= 15 is 0 Å². The van der Waals surface area contributed by atoms with E-state index in [1.165, 1.54) is 0 Å². The number of aromatic nitrogens is 2. The number of β-amino-alcohol motifs (C(OH)–C–C–N with tert-alkyl or cyclic N) is 1. The molecule has 2 aliphatic rings. The first-order chi connectivity index (χ1) is 12.9. The number of nitrogens with zero attached hydrogens (tertiary/aromatic N) is 4. The molecule has 0 radical (unpaired) electrons. The van der Waals surface area contributed by atoms with Gasteiger partial charge in [-0.2, -0.15) is 0 Å². The van der Waals surface area contributed by atoms with Crippen molar-refractivity contribution in [1.29, 1.82) is 0 Å². The summed E-state index contributed by atoms with van der Waals surface area (Å²) in [5, 5.41) is 10.5. The highest BCUT2D eigenvalue weighted by Crippen LogP contribution is 2.33. The van der Waals surface area contributed by atoms with E-state index in [0.29, 0.717) is 25.5 Å². The summed E-state index contributed by atoms with van der Waals surface area (Å²) in [5.41, 5.74) is 3.53. The fourth-order valence-corrected chi connectivity index (χ4v) is 3.49. The van der Waals surface area contributed by atoms with Crippen LogP contribution in [0.1, 0.15) is 44.4 Å². The molecule has 0 atom stereocenters. The van der Waals surface area contributed by atoms with Gasteiger partial charge in [-0.05, 0) is 31.9 Å². The Hall–Kier alpha value is -2.47. The molecule has 142 valence electrons. The van der Waals surface area contributed by atoms with Gasteiger partial charge in [0.15, 0.2) is 0 Å². The zero-order valence-corrected chi connectivity index (χ0v) is 16.3. The van der Waals surface area contributed by atoms with E-state index in [1.54, 1.807) is 0 Å². The molecule has 2 aromatic heterocycles. The van der Waals surface area contributed by atoms with Crippen molar-refractivity contribution in [3.63, 3.8) is 0 Å². The summed E-state index contributed by atoms with van der Waals surface area (Å²) in [6.07, 6.45) is 3.74. The number of ether oxygens (including phenoxy) is 1. The van der Waals surface area contributed by atoms with Gasteiger partial charge in [-0.25, -0.2) is 9.97 Å². The number of rotatable bonds is 5. The first-order valence-corrected chi connectivity index (χ1v) is 9.50. The van der Waals surface area contributed by atoms with Crippen molar-refractivity contribution in [2.24, 2.45) is 10.9 Å². The predicted octanol–water partition coefficient (Wildman–Crippen LogP) is 2.82. The smallest absolute Gasteiger partial charge is 0.214 e. The molecule has 0 amide bonds. The van der Waals surface area contributed by atoms with Crippen LogP contribution < -0.4 is 9.64 Å². The Morgan fingerprint density at radius 3 is 2.63 bits per heavy atom. The van der Waals surface area contributed by atoms with E-state index in [4.69, 9.17) is 9.73 Å². The Kier molecular flexibility index (Phi) is 4.38. The third-order valence-corrected chi connectivity index (χ3v) is 5.33. The van der Waals surface area contributed by atoms with Gasteiger partial charge in [0.05, 0.1) is 31.4 Å². The monoisotopic (exact) mass is 366 g/mol. The molecule has 0 spiro atoms. The van der Waals surface area contributed by atoms with Crippen LogP contribution in [-0.4, -0.2) is 45.6 Å². The minimum Gasteiger partial charge on any atom is -0.475 e. The molecule has 0 unspecified atom stereocenters. The molecule has 0 bridgehead atoms. The summed E-state index contributed by atoms with van der Waals surface area (Å²) in [5.74, 6) is 1.73. The number of anilines is 1. The van der Waals surface area contributed by atoms with Gasteiger partial charge in [0.1, 0.15) is 11.4 Å². The largest absolute Gasteiger partial charge is 0.475 e. The molecular formula is C21H26N4O2. The second-order valence-corrected chi connectivity index (χ2v) is 8.03. The summed E-state index contributed by atoms with van der Waals surface area (Å²) >= 11 is 0. The molecule has 2 aliphatic heterocycles. The number of fused-ring (bicyclic) bond motifs is 1. The lowest BCUT2D eigenvalue weighted by Gasteiger charge is -2.49. The van der Waals surface area contributed by atoms with Crippen LogP contribution in [0.2, 0.25) is 0 Å². The van der Waals surface area contributed by atoms with E-state index in [9.17, 15) is 5.11 Å². The zero-order chi connectivity index (χ0) is 19.2. The summed E-state index contributed by atoms with van der Waals surface area (Å²) < 4.78 is 5.74. The molecule has 6 nitrogen and oxygen atoms in total. The van der Waals surface area contributed by atoms with Gasteiger partial charge in [0.25, 0.3) is 0 Å². The van der Waals surface area contributed by atoms with Crippen molar-refractivity contribution in [1.82, 2.24) is 9.97 Å². The molecule has 0 aliphatic carbocycles. The van der Waals surface area contributed by atoms with Gasteiger partial charge in [-0.3, -0.25) is 4.99 Å². The van der Waals surface area contributed by atoms with Crippen LogP contribution in [0.3, 0.4) is 0 Å². The minimum absolute atomic E-state index is 0.0796. The van der Waals surface area contributed by atoms with Crippen LogP contribution in [0, 0.1) is 5.92 Å². The SMILES string of the molecule is CC(C)Oc1cc2c(cn1)CN=C2c1ccnc(N2CC(O)(C(C)C)C2)c1.